The van der Waals surface area contributed by atoms with Crippen LogP contribution in [0, 0.1) is 0 Å². The minimum absolute atomic E-state index is 0.283. The van der Waals surface area contributed by atoms with Gasteiger partial charge in [0.15, 0.2) is 9.84 Å². The van der Waals surface area contributed by atoms with Crippen molar-refractivity contribution in [1.29, 1.82) is 0 Å². The van der Waals surface area contributed by atoms with E-state index >= 15 is 0 Å². The summed E-state index contributed by atoms with van der Waals surface area (Å²) in [7, 11) is -3.90. The number of rotatable bonds is 2. The van der Waals surface area contributed by atoms with E-state index in [0.717, 1.165) is 12.1 Å². The van der Waals surface area contributed by atoms with Crippen LogP contribution in [0.3, 0.4) is 0 Å². The Morgan fingerprint density at radius 3 is 2.55 bits per heavy atom. The topological polar surface area (TPSA) is 58.2 Å². The van der Waals surface area contributed by atoms with Crippen molar-refractivity contribution in [2.24, 2.45) is 0 Å². The second-order valence-corrected chi connectivity index (χ2v) is 7.24. The van der Waals surface area contributed by atoms with Gasteiger partial charge in [-0.3, -0.25) is 5.32 Å². The third kappa shape index (κ3) is 2.68. The van der Waals surface area contributed by atoms with E-state index in [-0.39, 0.29) is 11.3 Å². The summed E-state index contributed by atoms with van der Waals surface area (Å²) in [5.74, 6) is 0. The van der Waals surface area contributed by atoms with Gasteiger partial charge < -0.3 is 5.32 Å². The molecule has 2 rings (SSSR count). The number of alkyl halides is 3. The smallest absolute Gasteiger partial charge is 0.304 e. The highest BCUT2D eigenvalue weighted by Crippen LogP contribution is 2.33. The van der Waals surface area contributed by atoms with E-state index < -0.39 is 26.4 Å². The van der Waals surface area contributed by atoms with Crippen molar-refractivity contribution in [2.75, 3.05) is 13.2 Å². The fourth-order valence-corrected chi connectivity index (χ4v) is 3.78. The highest BCUT2D eigenvalue weighted by Gasteiger charge is 2.42. The zero-order valence-corrected chi connectivity index (χ0v) is 11.6. The van der Waals surface area contributed by atoms with E-state index in [9.17, 15) is 21.6 Å². The lowest BCUT2D eigenvalue weighted by atomic mass is 10.2. The van der Waals surface area contributed by atoms with Crippen LogP contribution in [-0.4, -0.2) is 26.5 Å². The molecule has 1 aromatic carbocycles. The Labute approximate surface area is 115 Å². The van der Waals surface area contributed by atoms with E-state index in [0.29, 0.717) is 19.3 Å². The quantitative estimate of drug-likeness (QED) is 0.874. The summed E-state index contributed by atoms with van der Waals surface area (Å²) in [4.78, 5) is -1.58. The lowest BCUT2D eigenvalue weighted by molar-refractivity contribution is -0.137. The molecule has 1 aromatic rings. The molecule has 1 saturated heterocycles. The first-order valence-electron chi connectivity index (χ1n) is 6.04. The fourth-order valence-electron chi connectivity index (χ4n) is 2.08. The lowest BCUT2D eigenvalue weighted by Gasteiger charge is -2.34. The maximum Gasteiger partial charge on any atom is 0.416 e. The third-order valence-electron chi connectivity index (χ3n) is 3.43. The summed E-state index contributed by atoms with van der Waals surface area (Å²) in [6.07, 6.45) is -4.28. The monoisotopic (exact) mass is 308 g/mol. The molecule has 112 valence electrons. The highest BCUT2D eigenvalue weighted by atomic mass is 32.2. The van der Waals surface area contributed by atoms with Gasteiger partial charge in [-0.1, -0.05) is 6.07 Å². The van der Waals surface area contributed by atoms with Gasteiger partial charge in [0, 0.05) is 6.67 Å². The average Bonchev–Trinajstić information content (AvgIpc) is 2.38. The van der Waals surface area contributed by atoms with Crippen molar-refractivity contribution in [2.45, 2.75) is 29.3 Å². The maximum atomic E-state index is 12.7. The number of nitrogens with one attached hydrogen (secondary N) is 2. The molecule has 1 unspecified atom stereocenters. The number of halogens is 3. The van der Waals surface area contributed by atoms with E-state index in [1.54, 1.807) is 0 Å². The minimum atomic E-state index is -4.56. The largest absolute Gasteiger partial charge is 0.416 e. The molecule has 8 heteroatoms. The summed E-state index contributed by atoms with van der Waals surface area (Å²) >= 11 is 0. The van der Waals surface area contributed by atoms with Crippen molar-refractivity contribution in [1.82, 2.24) is 10.6 Å². The first-order valence-corrected chi connectivity index (χ1v) is 7.53. The fraction of sp³-hybridized carbons (Fsp3) is 0.500. The molecule has 1 fully saturated rings. The van der Waals surface area contributed by atoms with Gasteiger partial charge >= 0.3 is 6.18 Å². The molecule has 0 aromatic heterocycles. The molecule has 0 radical (unpaired) electrons. The van der Waals surface area contributed by atoms with Gasteiger partial charge in [0.05, 0.1) is 10.5 Å². The molecule has 1 atom stereocenters. The molecule has 1 heterocycles. The standard InChI is InChI=1S/C12H15F3N2O2S/c1-11(5-6-16-8-17-11)20(18,19)10-4-2-3-9(7-10)12(13,14)15/h2-4,7,16-17H,5-6,8H2,1H3. The number of hydrogen-bond acceptors (Lipinski definition) is 4. The third-order valence-corrected chi connectivity index (χ3v) is 5.84. The Balaban J connectivity index is 2.44. The van der Waals surface area contributed by atoms with E-state index in [1.165, 1.54) is 13.0 Å². The minimum Gasteiger partial charge on any atom is -0.304 e. The van der Waals surface area contributed by atoms with Crippen molar-refractivity contribution in [3.63, 3.8) is 0 Å². The molecule has 1 aliphatic heterocycles. The van der Waals surface area contributed by atoms with Gasteiger partial charge in [-0.15, -0.1) is 0 Å². The van der Waals surface area contributed by atoms with Crippen LogP contribution >= 0.6 is 0 Å². The van der Waals surface area contributed by atoms with Gasteiger partial charge in [0.25, 0.3) is 0 Å². The molecule has 0 bridgehead atoms. The van der Waals surface area contributed by atoms with Gasteiger partial charge in [0.1, 0.15) is 4.87 Å². The summed E-state index contributed by atoms with van der Waals surface area (Å²) in [6, 6.07) is 3.85. The summed E-state index contributed by atoms with van der Waals surface area (Å²) in [5, 5.41) is 5.76. The van der Waals surface area contributed by atoms with Crippen molar-refractivity contribution in [3.8, 4) is 0 Å². The predicted molar refractivity (Wildman–Crippen MR) is 67.7 cm³/mol. The van der Waals surface area contributed by atoms with Gasteiger partial charge in [-0.25, -0.2) is 8.42 Å². The van der Waals surface area contributed by atoms with E-state index in [4.69, 9.17) is 0 Å². The zero-order chi connectivity index (χ0) is 15.0. The van der Waals surface area contributed by atoms with Crippen molar-refractivity contribution in [3.05, 3.63) is 29.8 Å². The Kier molecular flexibility index (Phi) is 3.83. The molecule has 0 amide bonds. The summed E-state index contributed by atoms with van der Waals surface area (Å²) < 4.78 is 63.1. The molecule has 1 aliphatic rings. The molecule has 2 N–H and O–H groups in total. The normalized spacial score (nSPS) is 24.6. The second-order valence-electron chi connectivity index (χ2n) is 4.86. The van der Waals surface area contributed by atoms with Crippen LogP contribution in [0.15, 0.2) is 29.2 Å². The maximum absolute atomic E-state index is 12.7. The molecule has 0 aliphatic carbocycles. The van der Waals surface area contributed by atoms with E-state index in [2.05, 4.69) is 10.6 Å². The molecular weight excluding hydrogens is 293 g/mol. The first kappa shape index (κ1) is 15.3. The van der Waals surface area contributed by atoms with Gasteiger partial charge in [-0.05, 0) is 38.1 Å². The Hall–Kier alpha value is -1.12. The van der Waals surface area contributed by atoms with Crippen molar-refractivity contribution >= 4 is 9.84 Å². The summed E-state index contributed by atoms with van der Waals surface area (Å²) in [6.45, 7) is 2.28. The van der Waals surface area contributed by atoms with Crippen LogP contribution < -0.4 is 10.6 Å². The summed E-state index contributed by atoms with van der Waals surface area (Å²) in [5.41, 5.74) is -0.962. The number of sulfone groups is 1. The highest BCUT2D eigenvalue weighted by molar-refractivity contribution is 7.92. The van der Waals surface area contributed by atoms with Crippen LogP contribution in [-0.2, 0) is 16.0 Å². The molecule has 4 nitrogen and oxygen atoms in total. The molecule has 0 spiro atoms. The second kappa shape index (κ2) is 5.01. The van der Waals surface area contributed by atoms with Crippen molar-refractivity contribution < 1.29 is 21.6 Å². The SMILES string of the molecule is CC1(S(=O)(=O)c2cccc(C(F)(F)F)c2)CCNCN1. The molecular formula is C12H15F3N2O2S. The Morgan fingerprint density at radius 1 is 1.30 bits per heavy atom. The van der Waals surface area contributed by atoms with Crippen LogP contribution in [0.2, 0.25) is 0 Å². The lowest BCUT2D eigenvalue weighted by Crippen LogP contribution is -2.57. The van der Waals surface area contributed by atoms with Gasteiger partial charge in [-0.2, -0.15) is 13.2 Å². The van der Waals surface area contributed by atoms with Crippen LogP contribution in [0.25, 0.3) is 0 Å². The Bertz CT molecular complexity index is 593. The Morgan fingerprint density at radius 2 is 2.00 bits per heavy atom. The van der Waals surface area contributed by atoms with Crippen LogP contribution in [0.1, 0.15) is 18.9 Å². The predicted octanol–water partition coefficient (Wildman–Crippen LogP) is 1.74. The average molecular weight is 308 g/mol. The molecule has 20 heavy (non-hydrogen) atoms. The van der Waals surface area contributed by atoms with Crippen LogP contribution in [0.5, 0.6) is 0 Å². The van der Waals surface area contributed by atoms with Gasteiger partial charge in [0.2, 0.25) is 0 Å². The van der Waals surface area contributed by atoms with Crippen LogP contribution in [0.4, 0.5) is 13.2 Å². The number of hydrogen-bond donors (Lipinski definition) is 2. The van der Waals surface area contributed by atoms with E-state index in [1.807, 2.05) is 0 Å². The zero-order valence-electron chi connectivity index (χ0n) is 10.8. The first-order chi connectivity index (χ1) is 9.17. The number of benzene rings is 1. The molecule has 0 saturated carbocycles.